The highest BCUT2D eigenvalue weighted by molar-refractivity contribution is 7.00. The molecular weight excluding hydrogens is 583 g/mol. The van der Waals surface area contributed by atoms with Gasteiger partial charge < -0.3 is 14.2 Å². The van der Waals surface area contributed by atoms with Crippen molar-refractivity contribution < 1.29 is 4.42 Å². The first kappa shape index (κ1) is 27.4. The minimum absolute atomic E-state index is 0.0628. The van der Waals surface area contributed by atoms with E-state index in [2.05, 4.69) is 176 Å². The van der Waals surface area contributed by atoms with E-state index >= 15 is 0 Å². The molecule has 7 aromatic carbocycles. The topological polar surface area (TPSA) is 19.6 Å². The van der Waals surface area contributed by atoms with Crippen molar-refractivity contribution in [2.45, 2.75) is 26.2 Å². The average Bonchev–Trinajstić information content (AvgIpc) is 3.50. The summed E-state index contributed by atoms with van der Waals surface area (Å²) >= 11 is 0. The molecule has 0 radical (unpaired) electrons. The van der Waals surface area contributed by atoms with Crippen LogP contribution in [0.4, 0.5) is 34.1 Å². The molecule has 0 saturated heterocycles. The van der Waals surface area contributed by atoms with Gasteiger partial charge in [0.05, 0.1) is 0 Å². The second-order valence-corrected chi connectivity index (χ2v) is 14.2. The van der Waals surface area contributed by atoms with E-state index in [-0.39, 0.29) is 12.1 Å². The molecule has 2 aliphatic heterocycles. The minimum Gasteiger partial charge on any atom is -0.456 e. The first-order valence-electron chi connectivity index (χ1n) is 16.8. The van der Waals surface area contributed by atoms with E-state index in [4.69, 9.17) is 4.42 Å². The number of benzene rings is 7. The second-order valence-electron chi connectivity index (χ2n) is 14.2. The molecule has 3 nitrogen and oxygen atoms in total. The first-order chi connectivity index (χ1) is 23.5. The van der Waals surface area contributed by atoms with E-state index in [1.165, 1.54) is 60.9 Å². The number of anilines is 6. The summed E-state index contributed by atoms with van der Waals surface area (Å²) in [5, 5.41) is 4.76. The van der Waals surface area contributed by atoms with Crippen LogP contribution in [0.3, 0.4) is 0 Å². The molecule has 1 aromatic heterocycles. The molecule has 0 spiro atoms. The fourth-order valence-electron chi connectivity index (χ4n) is 8.14. The zero-order chi connectivity index (χ0) is 32.1. The Bertz CT molecular complexity index is 2580. The fraction of sp³-hybridized carbons (Fsp3) is 0.0909. The van der Waals surface area contributed by atoms with Crippen LogP contribution in [0, 0.1) is 0 Å². The average molecular weight is 617 g/mol. The Morgan fingerprint density at radius 2 is 1.12 bits per heavy atom. The van der Waals surface area contributed by atoms with Gasteiger partial charge in [0.15, 0.2) is 0 Å². The van der Waals surface area contributed by atoms with E-state index < -0.39 is 0 Å². The van der Waals surface area contributed by atoms with E-state index in [1.54, 1.807) is 0 Å². The Hall–Kier alpha value is -5.74. The van der Waals surface area contributed by atoms with Crippen LogP contribution in [0.2, 0.25) is 0 Å². The number of nitrogens with zero attached hydrogens (tertiary/aromatic N) is 2. The molecule has 10 rings (SSSR count). The molecule has 8 aromatic rings. The van der Waals surface area contributed by atoms with Crippen molar-refractivity contribution in [3.8, 4) is 0 Å². The Labute approximate surface area is 280 Å². The van der Waals surface area contributed by atoms with Gasteiger partial charge in [-0.15, -0.1) is 0 Å². The normalized spacial score (nSPS) is 13.6. The van der Waals surface area contributed by atoms with Crippen LogP contribution in [0.25, 0.3) is 32.7 Å². The summed E-state index contributed by atoms with van der Waals surface area (Å²) < 4.78 is 6.61. The summed E-state index contributed by atoms with van der Waals surface area (Å²) in [6.45, 7) is 7.05. The van der Waals surface area contributed by atoms with Crippen molar-refractivity contribution in [1.82, 2.24) is 0 Å². The number of para-hydroxylation sites is 3. The van der Waals surface area contributed by atoms with Gasteiger partial charge in [-0.2, -0.15) is 0 Å². The maximum Gasteiger partial charge on any atom is 0.252 e. The molecule has 0 fully saturated rings. The summed E-state index contributed by atoms with van der Waals surface area (Å²) in [6.07, 6.45) is 0. The van der Waals surface area contributed by atoms with Gasteiger partial charge in [-0.1, -0.05) is 106 Å². The molecule has 0 aliphatic carbocycles. The molecule has 0 saturated carbocycles. The Kier molecular flexibility index (Phi) is 5.64. The van der Waals surface area contributed by atoms with Gasteiger partial charge in [-0.3, -0.25) is 0 Å². The predicted molar refractivity (Wildman–Crippen MR) is 204 cm³/mol. The lowest BCUT2D eigenvalue weighted by Gasteiger charge is -2.45. The molecule has 228 valence electrons. The summed E-state index contributed by atoms with van der Waals surface area (Å²) in [5.41, 5.74) is 14.2. The zero-order valence-corrected chi connectivity index (χ0v) is 27.2. The van der Waals surface area contributed by atoms with E-state index in [9.17, 15) is 0 Å². The molecular formula is C44H33BN2O. The third kappa shape index (κ3) is 3.83. The van der Waals surface area contributed by atoms with Gasteiger partial charge in [0.2, 0.25) is 0 Å². The maximum absolute atomic E-state index is 6.61. The summed E-state index contributed by atoms with van der Waals surface area (Å²) in [5.74, 6) is 0. The minimum atomic E-state index is -0.0628. The molecule has 0 amide bonds. The summed E-state index contributed by atoms with van der Waals surface area (Å²) in [7, 11) is 0. The monoisotopic (exact) mass is 616 g/mol. The predicted octanol–water partition coefficient (Wildman–Crippen LogP) is 10.1. The number of furan rings is 1. The van der Waals surface area contributed by atoms with Gasteiger partial charge in [-0.25, -0.2) is 0 Å². The van der Waals surface area contributed by atoms with Crippen molar-refractivity contribution in [1.29, 1.82) is 0 Å². The van der Waals surface area contributed by atoms with Gasteiger partial charge in [-0.05, 0) is 92.7 Å². The third-order valence-corrected chi connectivity index (χ3v) is 10.4. The largest absolute Gasteiger partial charge is 0.456 e. The van der Waals surface area contributed by atoms with Crippen LogP contribution in [-0.4, -0.2) is 6.71 Å². The lowest BCUT2D eigenvalue weighted by atomic mass is 9.33. The van der Waals surface area contributed by atoms with E-state index in [0.717, 1.165) is 27.9 Å². The standard InChI is InChI=1S/C44H33BN2O/c1-44(2,3)29-25-38-43-39(26-29)47(31-22-23-33-41(27-31)48-40-24-21-28-13-7-8-16-32(28)42(33)40)37-20-12-10-18-35(37)45(43)34-17-9-11-19-36(34)46(38)30-14-5-4-6-15-30/h4-27H,1-3H3. The van der Waals surface area contributed by atoms with Crippen LogP contribution >= 0.6 is 0 Å². The summed E-state index contributed by atoms with van der Waals surface area (Å²) in [6, 6.07) is 53.2. The van der Waals surface area contributed by atoms with Crippen molar-refractivity contribution in [3.63, 3.8) is 0 Å². The van der Waals surface area contributed by atoms with Crippen molar-refractivity contribution in [2.75, 3.05) is 9.80 Å². The van der Waals surface area contributed by atoms with E-state index in [1.807, 2.05) is 0 Å². The van der Waals surface area contributed by atoms with E-state index in [0.29, 0.717) is 0 Å². The SMILES string of the molecule is CC(C)(C)c1cc2c3c(c1)N(c1ccc4c(c1)oc1ccc5ccccc5c14)c1ccccc1B3c1ccccc1N2c1ccccc1. The molecule has 4 heteroatoms. The molecule has 0 unspecified atom stereocenters. The highest BCUT2D eigenvalue weighted by atomic mass is 16.3. The number of fused-ring (bicyclic) bond motifs is 9. The second kappa shape index (κ2) is 9.89. The molecule has 48 heavy (non-hydrogen) atoms. The van der Waals surface area contributed by atoms with Gasteiger partial charge in [0.1, 0.15) is 11.2 Å². The molecule has 2 aliphatic rings. The Morgan fingerprint density at radius 3 is 1.83 bits per heavy atom. The van der Waals surface area contributed by atoms with Crippen LogP contribution in [0.15, 0.2) is 150 Å². The fourth-order valence-corrected chi connectivity index (χ4v) is 8.14. The van der Waals surface area contributed by atoms with Crippen LogP contribution in [0.5, 0.6) is 0 Å². The lowest BCUT2D eigenvalue weighted by molar-refractivity contribution is 0.590. The summed E-state index contributed by atoms with van der Waals surface area (Å²) in [4.78, 5) is 4.95. The number of rotatable bonds is 2. The van der Waals surface area contributed by atoms with Crippen LogP contribution in [-0.2, 0) is 5.41 Å². The van der Waals surface area contributed by atoms with Crippen molar-refractivity contribution in [2.24, 2.45) is 0 Å². The maximum atomic E-state index is 6.61. The Balaban J connectivity index is 1.28. The van der Waals surface area contributed by atoms with Gasteiger partial charge in [0, 0.05) is 51.0 Å². The third-order valence-electron chi connectivity index (χ3n) is 10.4. The van der Waals surface area contributed by atoms with Gasteiger partial charge in [0.25, 0.3) is 6.71 Å². The quantitative estimate of drug-likeness (QED) is 0.180. The van der Waals surface area contributed by atoms with Crippen molar-refractivity contribution >= 4 is 89.9 Å². The lowest BCUT2D eigenvalue weighted by Crippen LogP contribution is -2.61. The smallest absolute Gasteiger partial charge is 0.252 e. The first-order valence-corrected chi connectivity index (χ1v) is 16.8. The van der Waals surface area contributed by atoms with Crippen molar-refractivity contribution in [3.05, 3.63) is 151 Å². The zero-order valence-electron chi connectivity index (χ0n) is 27.2. The Morgan fingerprint density at radius 1 is 0.500 bits per heavy atom. The highest BCUT2D eigenvalue weighted by Gasteiger charge is 2.43. The van der Waals surface area contributed by atoms with Crippen LogP contribution in [0.1, 0.15) is 26.3 Å². The highest BCUT2D eigenvalue weighted by Crippen LogP contribution is 2.47. The number of hydrogen-bond donors (Lipinski definition) is 0. The molecule has 0 N–H and O–H groups in total. The molecule has 0 bridgehead atoms. The molecule has 3 heterocycles. The van der Waals surface area contributed by atoms with Crippen LogP contribution < -0.4 is 26.2 Å². The number of hydrogen-bond acceptors (Lipinski definition) is 3. The molecule has 0 atom stereocenters. The van der Waals surface area contributed by atoms with Gasteiger partial charge >= 0.3 is 0 Å².